The molecule has 0 aliphatic carbocycles. The molecule has 0 rings (SSSR count). The van der Waals surface area contributed by atoms with E-state index in [-0.39, 0.29) is 11.8 Å². The third kappa shape index (κ3) is 6.34. The monoisotopic (exact) mass is 266 g/mol. The number of carbonyl (C=O) groups excluding carboxylic acids is 2. The molecule has 0 radical (unpaired) electrons. The zero-order chi connectivity index (χ0) is 9.07. The molecule has 0 amide bonds. The SMILES string of the molecule is CC(=O)[CH2][Sn]([CH3])([CH3])[O]C(C)=O. The van der Waals surface area contributed by atoms with E-state index in [1.807, 2.05) is 9.88 Å². The molecule has 0 aliphatic heterocycles. The van der Waals surface area contributed by atoms with Crippen LogP contribution in [0.4, 0.5) is 0 Å². The van der Waals surface area contributed by atoms with Crippen molar-refractivity contribution in [1.29, 1.82) is 0 Å². The fraction of sp³-hybridized carbons (Fsp3) is 0.714. The molecule has 0 heterocycles. The first kappa shape index (κ1) is 10.9. The summed E-state index contributed by atoms with van der Waals surface area (Å²) in [6.45, 7) is 2.92. The van der Waals surface area contributed by atoms with Gasteiger partial charge >= 0.3 is 71.4 Å². The molecule has 0 unspecified atom stereocenters. The first-order chi connectivity index (χ1) is 4.83. The zero-order valence-electron chi connectivity index (χ0n) is 7.43. The van der Waals surface area contributed by atoms with E-state index in [1.54, 1.807) is 0 Å². The predicted octanol–water partition coefficient (Wildman–Crippen LogP) is 1.34. The quantitative estimate of drug-likeness (QED) is 0.723. The van der Waals surface area contributed by atoms with Gasteiger partial charge in [-0.05, 0) is 0 Å². The molecule has 0 aromatic heterocycles. The van der Waals surface area contributed by atoms with Crippen LogP contribution in [0.2, 0.25) is 14.3 Å². The van der Waals surface area contributed by atoms with E-state index in [0.717, 1.165) is 0 Å². The van der Waals surface area contributed by atoms with Crippen molar-refractivity contribution < 1.29 is 12.7 Å². The van der Waals surface area contributed by atoms with Crippen LogP contribution in [0, 0.1) is 0 Å². The fourth-order valence-corrected chi connectivity index (χ4v) is 6.87. The molecule has 0 saturated carbocycles. The van der Waals surface area contributed by atoms with Gasteiger partial charge in [-0.15, -0.1) is 0 Å². The van der Waals surface area contributed by atoms with Crippen LogP contribution in [0.5, 0.6) is 0 Å². The molecule has 0 N–H and O–H groups in total. The summed E-state index contributed by atoms with van der Waals surface area (Å²) < 4.78 is 5.58. The second-order valence-electron chi connectivity index (χ2n) is 3.23. The number of carbonyl (C=O) groups is 2. The van der Waals surface area contributed by atoms with E-state index >= 15 is 0 Å². The van der Waals surface area contributed by atoms with E-state index in [1.165, 1.54) is 13.8 Å². The second-order valence-corrected chi connectivity index (χ2v) is 14.9. The predicted molar refractivity (Wildman–Crippen MR) is 44.7 cm³/mol. The van der Waals surface area contributed by atoms with Crippen molar-refractivity contribution >= 4 is 30.5 Å². The maximum absolute atomic E-state index is 10.7. The number of Topliss-reactive ketones (excluding diaryl/α,β-unsaturated/α-hetero) is 1. The summed E-state index contributed by atoms with van der Waals surface area (Å²) in [5.41, 5.74) is 0. The normalized spacial score (nSPS) is 10.9. The van der Waals surface area contributed by atoms with Crippen molar-refractivity contribution in [2.45, 2.75) is 28.2 Å². The molecule has 0 spiro atoms. The van der Waals surface area contributed by atoms with Crippen LogP contribution in [0.1, 0.15) is 13.8 Å². The molecule has 0 bridgehead atoms. The molecule has 3 nitrogen and oxygen atoms in total. The van der Waals surface area contributed by atoms with E-state index in [9.17, 15) is 9.59 Å². The van der Waals surface area contributed by atoms with Crippen LogP contribution in [0.25, 0.3) is 0 Å². The van der Waals surface area contributed by atoms with Crippen LogP contribution in [0.3, 0.4) is 0 Å². The molecule has 0 aromatic carbocycles. The summed E-state index contributed by atoms with van der Waals surface area (Å²) in [6, 6.07) is 0. The van der Waals surface area contributed by atoms with Gasteiger partial charge in [-0.2, -0.15) is 0 Å². The Balaban J connectivity index is 3.99. The summed E-state index contributed by atoms with van der Waals surface area (Å²) in [6.07, 6.45) is 0. The van der Waals surface area contributed by atoms with Crippen molar-refractivity contribution in [1.82, 2.24) is 0 Å². The van der Waals surface area contributed by atoms with Crippen molar-refractivity contribution in [3.05, 3.63) is 0 Å². The van der Waals surface area contributed by atoms with Gasteiger partial charge in [0.1, 0.15) is 0 Å². The average Bonchev–Trinajstić information content (AvgIpc) is 1.53. The standard InChI is InChI=1S/C3H5O.C2H4O2.2CH3.Sn/c1-3(2)4;1-2(3)4;;;/h1H2,2H3;1H3,(H,3,4);2*1H3;/q;;;;+1/p-1. The molecule has 4 heteroatoms. The Kier molecular flexibility index (Phi) is 4.06. The van der Waals surface area contributed by atoms with Crippen LogP contribution in [-0.4, -0.2) is 30.5 Å². The zero-order valence-corrected chi connectivity index (χ0v) is 10.3. The molecule has 0 fully saturated rings. The first-order valence-corrected chi connectivity index (χ1v) is 12.4. The van der Waals surface area contributed by atoms with Gasteiger partial charge in [0.05, 0.1) is 0 Å². The van der Waals surface area contributed by atoms with Crippen molar-refractivity contribution in [2.75, 3.05) is 0 Å². The molecule has 0 saturated heterocycles. The van der Waals surface area contributed by atoms with E-state index in [0.29, 0.717) is 4.44 Å². The van der Waals surface area contributed by atoms with Gasteiger partial charge in [0, 0.05) is 0 Å². The van der Waals surface area contributed by atoms with Gasteiger partial charge in [0.15, 0.2) is 0 Å². The molecular formula is C7H14O3Sn. The molecule has 0 aliphatic rings. The minimum atomic E-state index is -2.73. The summed E-state index contributed by atoms with van der Waals surface area (Å²) >= 11 is -2.73. The minimum absolute atomic E-state index is 0.118. The number of rotatable bonds is 3. The Labute approximate surface area is 71.5 Å². The van der Waals surface area contributed by atoms with Gasteiger partial charge in [0.25, 0.3) is 0 Å². The van der Waals surface area contributed by atoms with Gasteiger partial charge in [0.2, 0.25) is 0 Å². The number of ketones is 1. The Morgan fingerprint density at radius 2 is 1.73 bits per heavy atom. The van der Waals surface area contributed by atoms with Crippen LogP contribution in [-0.2, 0) is 12.7 Å². The maximum atomic E-state index is 10.7. The molecule has 0 atom stereocenters. The fourth-order valence-electron chi connectivity index (χ4n) is 1.02. The topological polar surface area (TPSA) is 43.4 Å². The molecule has 64 valence electrons. The average molecular weight is 265 g/mol. The van der Waals surface area contributed by atoms with Gasteiger partial charge in [-0.1, -0.05) is 0 Å². The Morgan fingerprint density at radius 3 is 2.00 bits per heavy atom. The van der Waals surface area contributed by atoms with E-state index in [4.69, 9.17) is 3.07 Å². The van der Waals surface area contributed by atoms with Gasteiger partial charge in [-0.25, -0.2) is 0 Å². The molecule has 0 aromatic rings. The molecular weight excluding hydrogens is 251 g/mol. The third-order valence-corrected chi connectivity index (χ3v) is 7.34. The van der Waals surface area contributed by atoms with Crippen molar-refractivity contribution in [3.8, 4) is 0 Å². The van der Waals surface area contributed by atoms with Gasteiger partial charge in [-0.3, -0.25) is 0 Å². The Bertz CT molecular complexity index is 157. The number of hydrogen-bond donors (Lipinski definition) is 0. The summed E-state index contributed by atoms with van der Waals surface area (Å²) in [7, 11) is 0. The van der Waals surface area contributed by atoms with Crippen molar-refractivity contribution in [2.24, 2.45) is 0 Å². The summed E-state index contributed by atoms with van der Waals surface area (Å²) in [5, 5.41) is 0. The van der Waals surface area contributed by atoms with E-state index in [2.05, 4.69) is 0 Å². The van der Waals surface area contributed by atoms with Crippen LogP contribution >= 0.6 is 0 Å². The Hall–Kier alpha value is -0.0613. The Morgan fingerprint density at radius 1 is 1.27 bits per heavy atom. The van der Waals surface area contributed by atoms with Crippen LogP contribution < -0.4 is 0 Å². The summed E-state index contributed by atoms with van der Waals surface area (Å²) in [5.74, 6) is -0.140. The van der Waals surface area contributed by atoms with Gasteiger partial charge < -0.3 is 0 Å². The van der Waals surface area contributed by atoms with E-state index < -0.39 is 18.8 Å². The van der Waals surface area contributed by atoms with Crippen molar-refractivity contribution in [3.63, 3.8) is 0 Å². The van der Waals surface area contributed by atoms with Crippen LogP contribution in [0.15, 0.2) is 0 Å². The second kappa shape index (κ2) is 4.09. The third-order valence-electron chi connectivity index (χ3n) is 1.09. The summed E-state index contributed by atoms with van der Waals surface area (Å²) in [4.78, 5) is 25.1. The molecule has 11 heavy (non-hydrogen) atoms. The first-order valence-electron chi connectivity index (χ1n) is 3.52. The number of hydrogen-bond acceptors (Lipinski definition) is 3.